The van der Waals surface area contributed by atoms with Gasteiger partial charge in [0.05, 0.1) is 44.9 Å². The Bertz CT molecular complexity index is 4150. The van der Waals surface area contributed by atoms with Crippen LogP contribution in [0.5, 0.6) is 34.5 Å². The molecule has 0 aliphatic carbocycles. The molecule has 0 radical (unpaired) electrons. The molecule has 0 saturated carbocycles. The Hall–Kier alpha value is -10.2. The molecule has 10 aromatic rings. The number of nitrogens with one attached hydrogen (secondary N) is 2. The number of nitrogens with zero attached hydrogens (tertiary/aromatic N) is 7. The number of rotatable bonds is 25. The zero-order chi connectivity index (χ0) is 73.3. The molecule has 19 nitrogen and oxygen atoms in total. The number of benzene rings is 6. The van der Waals surface area contributed by atoms with E-state index in [1.165, 1.54) is 26.0 Å². The lowest BCUT2D eigenvalue weighted by Gasteiger charge is -2.18. The highest BCUT2D eigenvalue weighted by atomic mass is 127. The highest BCUT2D eigenvalue weighted by Gasteiger charge is 2.18. The summed E-state index contributed by atoms with van der Waals surface area (Å²) in [5.41, 5.74) is 11.0. The van der Waals surface area contributed by atoms with E-state index in [2.05, 4.69) is 58.5 Å². The number of ether oxygens (including phenoxy) is 5. The highest BCUT2D eigenvalue weighted by Crippen LogP contribution is 2.31. The van der Waals surface area contributed by atoms with Crippen molar-refractivity contribution < 1.29 is 87.5 Å². The zero-order valence-corrected chi connectivity index (χ0v) is 56.8. The van der Waals surface area contributed by atoms with Gasteiger partial charge in [-0.25, -0.2) is 62.9 Å². The average Bonchev–Trinajstić information content (AvgIpc) is 1.64. The first-order chi connectivity index (χ1) is 47.8. The molecule has 3 unspecified atom stereocenters. The van der Waals surface area contributed by atoms with E-state index in [-0.39, 0.29) is 46.9 Å². The second kappa shape index (κ2) is 41.9. The molecule has 0 aliphatic rings. The van der Waals surface area contributed by atoms with Crippen LogP contribution in [0.2, 0.25) is 0 Å². The molecule has 6 aromatic carbocycles. The molecule has 100 heavy (non-hydrogen) atoms. The maximum absolute atomic E-state index is 12.4. The predicted molar refractivity (Wildman–Crippen MR) is 367 cm³/mol. The van der Waals surface area contributed by atoms with Gasteiger partial charge in [0.25, 0.3) is 32.1 Å². The van der Waals surface area contributed by atoms with E-state index in [9.17, 15) is 53.5 Å². The fourth-order valence-electron chi connectivity index (χ4n) is 8.70. The molecule has 30 heteroatoms. The molecule has 10 rings (SSSR count). The quantitative estimate of drug-likeness (QED) is 0.00892. The van der Waals surface area contributed by atoms with Gasteiger partial charge in [0.1, 0.15) is 79.2 Å². The van der Waals surface area contributed by atoms with Crippen molar-refractivity contribution in [2.24, 2.45) is 10.9 Å². The number of carbonyl (C=O) groups is 2. The van der Waals surface area contributed by atoms with Gasteiger partial charge in [0.2, 0.25) is 0 Å². The van der Waals surface area contributed by atoms with Gasteiger partial charge in [-0.2, -0.15) is 10.2 Å². The monoisotopic (exact) mass is 1510 g/mol. The van der Waals surface area contributed by atoms with Crippen LogP contribution < -0.4 is 40.1 Å². The number of hydrogen-bond donors (Lipinski definition) is 5. The topological polar surface area (TPSA) is 244 Å². The number of hydrogen-bond acceptors (Lipinski definition) is 17. The third-order valence-electron chi connectivity index (χ3n) is 13.3. The molecule has 534 valence electrons. The van der Waals surface area contributed by atoms with Crippen molar-refractivity contribution in [3.63, 3.8) is 0 Å². The van der Waals surface area contributed by atoms with Crippen molar-refractivity contribution in [2.45, 2.75) is 91.8 Å². The minimum atomic E-state index is -2.53. The maximum atomic E-state index is 12.4. The number of anilines is 2. The number of halogens is 11. The Balaban J connectivity index is 0.000000222. The first kappa shape index (κ1) is 80.4. The van der Waals surface area contributed by atoms with Crippen LogP contribution in [-0.2, 0) is 0 Å². The summed E-state index contributed by atoms with van der Waals surface area (Å²) in [6.45, 7) is 6.79. The summed E-state index contributed by atoms with van der Waals surface area (Å²) in [7, 11) is 0. The molecule has 0 aliphatic heterocycles. The van der Waals surface area contributed by atoms with Crippen LogP contribution in [0.15, 0.2) is 194 Å². The first-order valence-electron chi connectivity index (χ1n) is 30.3. The Kier molecular flexibility index (Phi) is 33.7. The molecule has 0 spiro atoms. The van der Waals surface area contributed by atoms with Gasteiger partial charge in [-0.05, 0) is 131 Å². The number of para-hydroxylation sites is 6. The third-order valence-corrected chi connectivity index (χ3v) is 14.1. The summed E-state index contributed by atoms with van der Waals surface area (Å²) in [6, 6.07) is 45.5. The van der Waals surface area contributed by atoms with Gasteiger partial charge in [0.15, 0.2) is 22.9 Å². The van der Waals surface area contributed by atoms with E-state index in [1.807, 2.05) is 50.4 Å². The molecule has 0 fully saturated rings. The largest absolute Gasteiger partial charge is 0.507 e. The van der Waals surface area contributed by atoms with Gasteiger partial charge >= 0.3 is 0 Å². The molecule has 0 saturated heterocycles. The molecule has 0 amide bonds. The minimum Gasteiger partial charge on any atom is -0.507 e. The number of fused-ring (bicyclic) bond motifs is 2. The van der Waals surface area contributed by atoms with Crippen LogP contribution in [0, 0.1) is 3.57 Å². The van der Waals surface area contributed by atoms with Crippen molar-refractivity contribution >= 4 is 62.8 Å². The van der Waals surface area contributed by atoms with E-state index >= 15 is 0 Å². The Labute approximate surface area is 583 Å². The number of carbonyl (C=O) groups excluding carboxylic acids is 2. The fraction of sp³-hybridized carbons (Fsp3) is 0.271. The summed E-state index contributed by atoms with van der Waals surface area (Å²) in [5, 5.41) is 35.4. The average molecular weight is 1520 g/mol. The Morgan fingerprint density at radius 2 is 0.860 bits per heavy atom. The summed E-state index contributed by atoms with van der Waals surface area (Å²) < 4.78 is 150. The lowest BCUT2D eigenvalue weighted by atomic mass is 10.1. The van der Waals surface area contributed by atoms with Crippen LogP contribution in [0.25, 0.3) is 11.3 Å². The lowest BCUT2D eigenvalue weighted by molar-refractivity contribution is 0.0802. The summed E-state index contributed by atoms with van der Waals surface area (Å²) >= 11 is 2.17. The molecule has 6 N–H and O–H groups in total. The van der Waals surface area contributed by atoms with Crippen LogP contribution >= 0.6 is 22.6 Å². The minimum absolute atomic E-state index is 0.0509. The number of oxime groups is 1. The second-order valence-electron chi connectivity index (χ2n) is 21.0. The van der Waals surface area contributed by atoms with Crippen LogP contribution in [0.1, 0.15) is 103 Å². The molecular formula is C70H73F10IN10O9. The predicted octanol–water partition coefficient (Wildman–Crippen LogP) is 16.7. The fourth-order valence-corrected chi connectivity index (χ4v) is 9.20. The number of alkyl halides is 10. The molecule has 3 atom stereocenters. The number of phenols is 1. The SMILES string of the molecule is C/C(=N/O)c1ccccc1OCC(F)F.CC(=O)c1ccccc1O.CC(=O)c1ccccc1OCC(F)F.CC(N)c1ccccc1OCC(F)F.CC(Nc1ccn2ncc(I)c2n1)c1ccccc1OCC(F)F.CC(Nc1ccn2nccc2n1)c1ccccc1OCC(F)F. The van der Waals surface area contributed by atoms with E-state index in [0.717, 1.165) is 31.6 Å². The highest BCUT2D eigenvalue weighted by molar-refractivity contribution is 14.1. The standard InChI is InChI=1S/C16H15F2IN4O.C16H16F2N4O.C10H11F2NO2.C10H13F2NO.C10H10F2O2.C8H8O2/c1-10(11-4-2-3-5-13(11)24-9-14(17)18)21-15-6-7-23-16(22-15)12(19)8-20-23;1-11(12-4-2-3-5-13(12)23-10-14(17)18)20-15-7-9-22-16(21-15)6-8-19-22;1-7(13-14)8-4-2-3-5-9(8)15-6-10(11)12;2*1-7(13)8-4-2-3-5-9(8)14-6-10(11)12;1-6(9)7-4-2-3-5-8(7)10/h2-8,10,14H,9H2,1H3,(H,21,22);2-9,11,14H,10H2,1H3,(H,20,21);2-5,10,14H,6H2,1H3;2-5,7,10H,6,13H2,1H3;2-5,10H,6H2,1H3;2-5,10H,1H3/b;;13-7-;;;. The van der Waals surface area contributed by atoms with E-state index in [0.29, 0.717) is 51.3 Å². The number of aromatic nitrogens is 6. The number of ketones is 2. The summed E-state index contributed by atoms with van der Waals surface area (Å²) in [5.74, 6) is 2.90. The zero-order valence-electron chi connectivity index (χ0n) is 54.7. The van der Waals surface area contributed by atoms with E-state index in [4.69, 9.17) is 39.7 Å². The first-order valence-corrected chi connectivity index (χ1v) is 31.4. The number of phenolic OH excluding ortho intramolecular Hbond substituents is 1. The van der Waals surface area contributed by atoms with Crippen molar-refractivity contribution in [1.82, 2.24) is 29.2 Å². The third kappa shape index (κ3) is 27.2. The van der Waals surface area contributed by atoms with Crippen LogP contribution in [0.3, 0.4) is 0 Å². The second-order valence-corrected chi connectivity index (χ2v) is 22.1. The van der Waals surface area contributed by atoms with Crippen molar-refractivity contribution in [1.29, 1.82) is 0 Å². The lowest BCUT2D eigenvalue weighted by Crippen LogP contribution is -2.13. The molecule has 0 bridgehead atoms. The van der Waals surface area contributed by atoms with E-state index in [1.54, 1.807) is 163 Å². The smallest absolute Gasteiger partial charge is 0.272 e. The molecule has 4 heterocycles. The Morgan fingerprint density at radius 3 is 1.29 bits per heavy atom. The Morgan fingerprint density at radius 1 is 0.490 bits per heavy atom. The molecular weight excluding hydrogens is 1440 g/mol. The number of nitrogens with two attached hydrogens (primary N) is 1. The van der Waals surface area contributed by atoms with E-state index < -0.39 is 65.2 Å². The van der Waals surface area contributed by atoms with Gasteiger partial charge in [-0.1, -0.05) is 96.2 Å². The van der Waals surface area contributed by atoms with Gasteiger partial charge in [-0.15, -0.1) is 0 Å². The van der Waals surface area contributed by atoms with Gasteiger partial charge < -0.3 is 50.4 Å². The van der Waals surface area contributed by atoms with Crippen molar-refractivity contribution in [3.05, 3.63) is 226 Å². The van der Waals surface area contributed by atoms with Gasteiger partial charge in [0, 0.05) is 46.8 Å². The maximum Gasteiger partial charge on any atom is 0.272 e. The summed E-state index contributed by atoms with van der Waals surface area (Å²) in [4.78, 5) is 30.7. The molecule has 4 aromatic heterocycles. The number of Topliss-reactive ketones (excluding diaryl/α,β-unsaturated/α-hetero) is 2. The van der Waals surface area contributed by atoms with Crippen molar-refractivity contribution in [3.8, 4) is 34.5 Å². The van der Waals surface area contributed by atoms with Gasteiger partial charge in [-0.3, -0.25) is 9.59 Å². The summed E-state index contributed by atoms with van der Waals surface area (Å²) in [6.07, 6.45) is -5.50. The number of aromatic hydroxyl groups is 1. The van der Waals surface area contributed by atoms with Crippen molar-refractivity contribution in [2.75, 3.05) is 43.7 Å². The van der Waals surface area contributed by atoms with Crippen LogP contribution in [0.4, 0.5) is 55.5 Å². The normalized spacial score (nSPS) is 11.8. The van der Waals surface area contributed by atoms with Crippen LogP contribution in [-0.4, -0.2) is 122 Å².